The second kappa shape index (κ2) is 11.7. The minimum Gasteiger partial charge on any atom is -0.376 e. The molecule has 2 aliphatic carbocycles. The monoisotopic (exact) mass is 455 g/mol. The Labute approximate surface area is 189 Å². The first-order valence-corrected chi connectivity index (χ1v) is 12.6. The van der Waals surface area contributed by atoms with Gasteiger partial charge in [0.2, 0.25) is 5.91 Å². The summed E-state index contributed by atoms with van der Waals surface area (Å²) in [6.45, 7) is 1.27. The van der Waals surface area contributed by atoms with Crippen molar-refractivity contribution in [3.05, 3.63) is 0 Å². The zero-order valence-electron chi connectivity index (χ0n) is 19.0. The fourth-order valence-electron chi connectivity index (χ4n) is 5.43. The van der Waals surface area contributed by atoms with Crippen molar-refractivity contribution in [1.29, 1.82) is 0 Å². The largest absolute Gasteiger partial charge is 0.376 e. The lowest BCUT2D eigenvalue weighted by atomic mass is 9.82. The van der Waals surface area contributed by atoms with Crippen LogP contribution in [-0.4, -0.2) is 55.7 Å². The van der Waals surface area contributed by atoms with E-state index in [1.165, 1.54) is 0 Å². The molecule has 4 aliphatic rings. The maximum atomic E-state index is 13.5. The van der Waals surface area contributed by atoms with E-state index in [1.54, 1.807) is 0 Å². The van der Waals surface area contributed by atoms with Crippen LogP contribution in [0, 0.1) is 11.8 Å². The molecule has 2 aliphatic heterocycles. The molecule has 1 amide bonds. The quantitative estimate of drug-likeness (QED) is 0.378. The molecule has 0 aromatic heterocycles. The molecule has 4 fully saturated rings. The highest BCUT2D eigenvalue weighted by atomic mass is 19.1. The predicted octanol–water partition coefficient (Wildman–Crippen LogP) is 2.87. The lowest BCUT2D eigenvalue weighted by molar-refractivity contribution is -0.124. The number of alkyl halides is 2. The number of rotatable bonds is 5. The van der Waals surface area contributed by atoms with Gasteiger partial charge in [0.15, 0.2) is 5.96 Å². The van der Waals surface area contributed by atoms with E-state index in [-0.39, 0.29) is 30.1 Å². The van der Waals surface area contributed by atoms with E-state index in [1.807, 2.05) is 0 Å². The molecule has 2 saturated carbocycles. The molecule has 3 atom stereocenters. The van der Waals surface area contributed by atoms with Gasteiger partial charge < -0.3 is 10.1 Å². The van der Waals surface area contributed by atoms with Gasteiger partial charge in [0.1, 0.15) is 12.3 Å². The second-order valence-electron chi connectivity index (χ2n) is 9.96. The third-order valence-electron chi connectivity index (χ3n) is 7.51. The van der Waals surface area contributed by atoms with Crippen LogP contribution in [0.2, 0.25) is 0 Å². The minimum absolute atomic E-state index is 0.0731. The first-order valence-electron chi connectivity index (χ1n) is 12.6. The number of hydrazine groups is 1. The summed E-state index contributed by atoms with van der Waals surface area (Å²) in [6, 6.07) is 0.276. The van der Waals surface area contributed by atoms with Crippen LogP contribution < -0.4 is 21.5 Å². The molecule has 0 radical (unpaired) electrons. The number of nitrogens with zero attached hydrogens (tertiary/aromatic N) is 1. The number of hydrogen-bond acceptors (Lipinski definition) is 5. The van der Waals surface area contributed by atoms with Crippen molar-refractivity contribution >= 4 is 11.9 Å². The molecule has 0 bridgehead atoms. The molecule has 32 heavy (non-hydrogen) atoms. The van der Waals surface area contributed by atoms with Gasteiger partial charge in [0.25, 0.3) is 0 Å². The Bertz CT molecular complexity index is 630. The van der Waals surface area contributed by atoms with Crippen molar-refractivity contribution in [3.63, 3.8) is 0 Å². The smallest absolute Gasteiger partial charge is 0.229 e. The van der Waals surface area contributed by atoms with E-state index in [0.717, 1.165) is 45.1 Å². The summed E-state index contributed by atoms with van der Waals surface area (Å²) in [7, 11) is 0. The van der Waals surface area contributed by atoms with Gasteiger partial charge in [0.05, 0.1) is 18.8 Å². The van der Waals surface area contributed by atoms with Crippen molar-refractivity contribution in [2.45, 2.75) is 108 Å². The molecule has 9 heteroatoms. The van der Waals surface area contributed by atoms with Gasteiger partial charge in [-0.15, -0.1) is 0 Å². The Kier molecular flexibility index (Phi) is 8.71. The fourth-order valence-corrected chi connectivity index (χ4v) is 5.43. The van der Waals surface area contributed by atoms with Gasteiger partial charge in [-0.05, 0) is 83.0 Å². The lowest BCUT2D eigenvalue weighted by Crippen LogP contribution is -2.52. The van der Waals surface area contributed by atoms with E-state index < -0.39 is 12.3 Å². The van der Waals surface area contributed by atoms with Gasteiger partial charge in [-0.1, -0.05) is 0 Å². The van der Waals surface area contributed by atoms with Crippen molar-refractivity contribution in [2.24, 2.45) is 16.8 Å². The SMILES string of the molecule is O=C(NC(=NCC1CCCCO1)NC1CC(C2CCC(F)CC2)NN1)C1CCC(F)CC1. The third kappa shape index (κ3) is 6.84. The zero-order chi connectivity index (χ0) is 22.3. The number of carbonyl (C=O) groups is 1. The molecule has 182 valence electrons. The van der Waals surface area contributed by atoms with Crippen LogP contribution in [0.1, 0.15) is 77.0 Å². The number of guanidine groups is 1. The number of nitrogens with one attached hydrogen (secondary N) is 4. The molecular weight excluding hydrogens is 416 g/mol. The lowest BCUT2D eigenvalue weighted by Gasteiger charge is -2.28. The summed E-state index contributed by atoms with van der Waals surface area (Å²) in [6.07, 6.45) is 7.76. The Morgan fingerprint density at radius 2 is 1.66 bits per heavy atom. The van der Waals surface area contributed by atoms with E-state index in [9.17, 15) is 13.6 Å². The number of ether oxygens (including phenoxy) is 1. The summed E-state index contributed by atoms with van der Waals surface area (Å²) >= 11 is 0. The number of hydrogen-bond donors (Lipinski definition) is 4. The minimum atomic E-state index is -0.785. The van der Waals surface area contributed by atoms with Gasteiger partial charge in [0, 0.05) is 18.6 Å². The average Bonchev–Trinajstić information content (AvgIpc) is 3.27. The third-order valence-corrected chi connectivity index (χ3v) is 7.51. The number of halogens is 2. The maximum absolute atomic E-state index is 13.5. The summed E-state index contributed by atoms with van der Waals surface area (Å²) in [5.74, 6) is 0.663. The van der Waals surface area contributed by atoms with Crippen molar-refractivity contribution in [3.8, 4) is 0 Å². The van der Waals surface area contributed by atoms with Crippen LogP contribution in [0.5, 0.6) is 0 Å². The van der Waals surface area contributed by atoms with Crippen LogP contribution in [-0.2, 0) is 9.53 Å². The summed E-state index contributed by atoms with van der Waals surface area (Å²) in [4.78, 5) is 17.5. The van der Waals surface area contributed by atoms with Crippen LogP contribution in [0.15, 0.2) is 4.99 Å². The number of amides is 1. The Morgan fingerprint density at radius 1 is 0.938 bits per heavy atom. The Morgan fingerprint density at radius 3 is 2.34 bits per heavy atom. The van der Waals surface area contributed by atoms with Gasteiger partial charge in [-0.2, -0.15) is 0 Å². The highest BCUT2D eigenvalue weighted by Crippen LogP contribution is 2.31. The molecule has 2 heterocycles. The molecule has 0 aromatic rings. The standard InChI is InChI=1S/C23H39F2N5O2/c24-17-8-4-15(5-9-17)20-13-21(30-29-20)27-23(26-14-19-3-1-2-12-32-19)28-22(31)16-6-10-18(25)11-7-16/h15-21,29-30H,1-14H2,(H2,26,27,28,31). The summed E-state index contributed by atoms with van der Waals surface area (Å²) in [5.41, 5.74) is 6.63. The van der Waals surface area contributed by atoms with Crippen LogP contribution >= 0.6 is 0 Å². The Balaban J connectivity index is 1.32. The molecule has 7 nitrogen and oxygen atoms in total. The van der Waals surface area contributed by atoms with Gasteiger partial charge in [-0.25, -0.2) is 14.2 Å². The van der Waals surface area contributed by atoms with Crippen LogP contribution in [0.3, 0.4) is 0 Å². The Hall–Kier alpha value is -1.32. The molecular formula is C23H39F2N5O2. The topological polar surface area (TPSA) is 86.8 Å². The van der Waals surface area contributed by atoms with Gasteiger partial charge in [-0.3, -0.25) is 20.5 Å². The van der Waals surface area contributed by atoms with Crippen LogP contribution in [0.25, 0.3) is 0 Å². The summed E-state index contributed by atoms with van der Waals surface area (Å²) < 4.78 is 32.8. The highest BCUT2D eigenvalue weighted by molar-refractivity contribution is 5.98. The highest BCUT2D eigenvalue weighted by Gasteiger charge is 2.34. The van der Waals surface area contributed by atoms with E-state index >= 15 is 0 Å². The number of carbonyl (C=O) groups excluding carboxylic acids is 1. The average molecular weight is 456 g/mol. The second-order valence-corrected chi connectivity index (χ2v) is 9.96. The van der Waals surface area contributed by atoms with E-state index in [2.05, 4.69) is 26.5 Å². The summed E-state index contributed by atoms with van der Waals surface area (Å²) in [5, 5.41) is 6.33. The van der Waals surface area contributed by atoms with Crippen molar-refractivity contribution < 1.29 is 18.3 Å². The van der Waals surface area contributed by atoms with Gasteiger partial charge >= 0.3 is 0 Å². The van der Waals surface area contributed by atoms with Crippen molar-refractivity contribution in [2.75, 3.05) is 13.2 Å². The first-order chi connectivity index (χ1) is 15.6. The predicted molar refractivity (Wildman–Crippen MR) is 119 cm³/mol. The molecule has 4 rings (SSSR count). The fraction of sp³-hybridized carbons (Fsp3) is 0.913. The molecule has 3 unspecified atom stereocenters. The van der Waals surface area contributed by atoms with E-state index in [0.29, 0.717) is 56.9 Å². The zero-order valence-corrected chi connectivity index (χ0v) is 19.0. The molecule has 2 saturated heterocycles. The molecule has 0 aromatic carbocycles. The normalized spacial score (nSPS) is 38.9. The first kappa shape index (κ1) is 23.8. The van der Waals surface area contributed by atoms with Crippen molar-refractivity contribution in [1.82, 2.24) is 21.5 Å². The number of aliphatic imine (C=N–C) groups is 1. The molecule has 4 N–H and O–H groups in total. The maximum Gasteiger partial charge on any atom is 0.229 e. The van der Waals surface area contributed by atoms with E-state index in [4.69, 9.17) is 4.74 Å². The van der Waals surface area contributed by atoms with Crippen LogP contribution in [0.4, 0.5) is 8.78 Å². The molecule has 0 spiro atoms.